The number of nitrogens with zero attached hydrogens (tertiary/aromatic N) is 1. The molecule has 2 amide bonds. The number of hydrogen-bond donors (Lipinski definition) is 1. The Hall–Kier alpha value is -1.26. The molecule has 0 atom stereocenters. The first-order valence-electron chi connectivity index (χ1n) is 5.55. The first-order valence-corrected chi connectivity index (χ1v) is 6.31. The SMILES string of the molecule is O=C1CN(C(=O)Cc2c(Cl)cccc2Cl)CCN1. The zero-order chi connectivity index (χ0) is 13.1. The van der Waals surface area contributed by atoms with Crippen molar-refractivity contribution < 1.29 is 9.59 Å². The summed E-state index contributed by atoms with van der Waals surface area (Å²) in [7, 11) is 0. The Morgan fingerprint density at radius 3 is 2.61 bits per heavy atom. The summed E-state index contributed by atoms with van der Waals surface area (Å²) in [5, 5.41) is 3.61. The summed E-state index contributed by atoms with van der Waals surface area (Å²) >= 11 is 12.0. The van der Waals surface area contributed by atoms with Gasteiger partial charge in [-0.3, -0.25) is 9.59 Å². The molecule has 1 fully saturated rings. The van der Waals surface area contributed by atoms with Crippen LogP contribution < -0.4 is 5.32 Å². The summed E-state index contributed by atoms with van der Waals surface area (Å²) in [5.41, 5.74) is 0.608. The Morgan fingerprint density at radius 2 is 2.00 bits per heavy atom. The minimum absolute atomic E-state index is 0.0981. The molecule has 1 aliphatic heterocycles. The predicted molar refractivity (Wildman–Crippen MR) is 69.8 cm³/mol. The molecule has 0 bridgehead atoms. The second-order valence-electron chi connectivity index (χ2n) is 4.04. The average molecular weight is 287 g/mol. The molecule has 1 aromatic rings. The van der Waals surface area contributed by atoms with Crippen molar-refractivity contribution >= 4 is 35.0 Å². The molecule has 1 aliphatic rings. The first-order chi connectivity index (χ1) is 8.58. The van der Waals surface area contributed by atoms with Crippen LogP contribution in [0.4, 0.5) is 0 Å². The number of benzene rings is 1. The second kappa shape index (κ2) is 5.59. The van der Waals surface area contributed by atoms with E-state index >= 15 is 0 Å². The van der Waals surface area contributed by atoms with Gasteiger partial charge in [-0.1, -0.05) is 29.3 Å². The Labute approximate surface area is 115 Å². The quantitative estimate of drug-likeness (QED) is 0.896. The van der Waals surface area contributed by atoms with Crippen LogP contribution in [0, 0.1) is 0 Å². The fourth-order valence-corrected chi connectivity index (χ4v) is 2.35. The molecule has 1 aromatic carbocycles. The predicted octanol–water partition coefficient (Wildman–Crippen LogP) is 1.49. The van der Waals surface area contributed by atoms with Gasteiger partial charge in [0.15, 0.2) is 0 Å². The molecule has 0 spiro atoms. The average Bonchev–Trinajstić information content (AvgIpc) is 2.34. The maximum absolute atomic E-state index is 12.0. The number of carbonyl (C=O) groups excluding carboxylic acids is 2. The van der Waals surface area contributed by atoms with E-state index in [-0.39, 0.29) is 24.8 Å². The van der Waals surface area contributed by atoms with Crippen molar-refractivity contribution in [3.63, 3.8) is 0 Å². The van der Waals surface area contributed by atoms with Gasteiger partial charge in [0.05, 0.1) is 13.0 Å². The van der Waals surface area contributed by atoms with Crippen LogP contribution in [0.15, 0.2) is 18.2 Å². The summed E-state index contributed by atoms with van der Waals surface area (Å²) < 4.78 is 0. The molecule has 0 aromatic heterocycles. The minimum atomic E-state index is -0.139. The Kier molecular flexibility index (Phi) is 4.09. The molecular weight excluding hydrogens is 275 g/mol. The smallest absolute Gasteiger partial charge is 0.239 e. The highest BCUT2D eigenvalue weighted by atomic mass is 35.5. The number of amides is 2. The number of piperazine rings is 1. The standard InChI is InChI=1S/C12H12Cl2N2O2/c13-9-2-1-3-10(14)8(9)6-12(18)16-5-4-15-11(17)7-16/h1-3H,4-7H2,(H,15,17). The molecule has 0 saturated carbocycles. The van der Waals surface area contributed by atoms with E-state index in [0.717, 1.165) is 0 Å². The second-order valence-corrected chi connectivity index (χ2v) is 4.86. The van der Waals surface area contributed by atoms with Crippen LogP contribution in [0.2, 0.25) is 10.0 Å². The molecule has 0 unspecified atom stereocenters. The lowest BCUT2D eigenvalue weighted by atomic mass is 10.1. The normalized spacial score (nSPS) is 15.4. The van der Waals surface area contributed by atoms with Gasteiger partial charge in [-0.25, -0.2) is 0 Å². The van der Waals surface area contributed by atoms with Gasteiger partial charge in [-0.2, -0.15) is 0 Å². The first kappa shape index (κ1) is 13.2. The van der Waals surface area contributed by atoms with Crippen molar-refractivity contribution in [3.05, 3.63) is 33.8 Å². The van der Waals surface area contributed by atoms with Crippen molar-refractivity contribution in [2.45, 2.75) is 6.42 Å². The van der Waals surface area contributed by atoms with E-state index in [9.17, 15) is 9.59 Å². The van der Waals surface area contributed by atoms with E-state index in [2.05, 4.69) is 5.32 Å². The number of carbonyl (C=O) groups is 2. The Balaban J connectivity index is 2.09. The van der Waals surface area contributed by atoms with Gasteiger partial charge in [0, 0.05) is 23.1 Å². The van der Waals surface area contributed by atoms with Crippen LogP contribution in [-0.4, -0.2) is 36.3 Å². The molecule has 0 radical (unpaired) electrons. The van der Waals surface area contributed by atoms with E-state index in [1.54, 1.807) is 18.2 Å². The number of rotatable bonds is 2. The summed E-state index contributed by atoms with van der Waals surface area (Å²) in [6, 6.07) is 5.12. The van der Waals surface area contributed by atoms with Gasteiger partial charge in [0.1, 0.15) is 0 Å². The van der Waals surface area contributed by atoms with Crippen molar-refractivity contribution in [3.8, 4) is 0 Å². The highest BCUT2D eigenvalue weighted by Gasteiger charge is 2.22. The van der Waals surface area contributed by atoms with E-state index < -0.39 is 0 Å². The van der Waals surface area contributed by atoms with Crippen LogP contribution >= 0.6 is 23.2 Å². The summed E-state index contributed by atoms with van der Waals surface area (Å²) in [5.74, 6) is -0.278. The van der Waals surface area contributed by atoms with E-state index in [1.165, 1.54) is 4.90 Å². The molecule has 96 valence electrons. The third-order valence-electron chi connectivity index (χ3n) is 2.78. The Bertz CT molecular complexity index is 471. The summed E-state index contributed by atoms with van der Waals surface area (Å²) in [6.45, 7) is 1.11. The molecule has 1 N–H and O–H groups in total. The molecule has 6 heteroatoms. The highest BCUT2D eigenvalue weighted by molar-refractivity contribution is 6.36. The lowest BCUT2D eigenvalue weighted by Crippen LogP contribution is -2.50. The fraction of sp³-hybridized carbons (Fsp3) is 0.333. The monoisotopic (exact) mass is 286 g/mol. The van der Waals surface area contributed by atoms with Gasteiger partial charge in [0.25, 0.3) is 0 Å². The maximum atomic E-state index is 12.0. The number of hydrogen-bond acceptors (Lipinski definition) is 2. The van der Waals surface area contributed by atoms with Gasteiger partial charge < -0.3 is 10.2 Å². The van der Waals surface area contributed by atoms with Crippen molar-refractivity contribution in [1.29, 1.82) is 0 Å². The minimum Gasteiger partial charge on any atom is -0.353 e. The highest BCUT2D eigenvalue weighted by Crippen LogP contribution is 2.25. The topological polar surface area (TPSA) is 49.4 Å². The Morgan fingerprint density at radius 1 is 1.33 bits per heavy atom. The van der Waals surface area contributed by atoms with Crippen molar-refractivity contribution in [1.82, 2.24) is 10.2 Å². The van der Waals surface area contributed by atoms with Crippen molar-refractivity contribution in [2.75, 3.05) is 19.6 Å². The van der Waals surface area contributed by atoms with Gasteiger partial charge in [-0.15, -0.1) is 0 Å². The molecule has 1 heterocycles. The van der Waals surface area contributed by atoms with E-state index in [0.29, 0.717) is 28.7 Å². The summed E-state index contributed by atoms with van der Waals surface area (Å²) in [6.07, 6.45) is 0.117. The fourth-order valence-electron chi connectivity index (χ4n) is 1.82. The molecular formula is C12H12Cl2N2O2. The van der Waals surface area contributed by atoms with E-state index in [4.69, 9.17) is 23.2 Å². The lowest BCUT2D eigenvalue weighted by molar-refractivity contribution is -0.137. The molecule has 4 nitrogen and oxygen atoms in total. The molecule has 2 rings (SSSR count). The van der Waals surface area contributed by atoms with Crippen LogP contribution in [0.3, 0.4) is 0 Å². The number of halogens is 2. The van der Waals surface area contributed by atoms with Crippen LogP contribution in [0.5, 0.6) is 0 Å². The third kappa shape index (κ3) is 2.94. The zero-order valence-corrected chi connectivity index (χ0v) is 11.1. The van der Waals surface area contributed by atoms with Crippen molar-refractivity contribution in [2.24, 2.45) is 0 Å². The van der Waals surface area contributed by atoms with Crippen LogP contribution in [-0.2, 0) is 16.0 Å². The lowest BCUT2D eigenvalue weighted by Gasteiger charge is -2.26. The van der Waals surface area contributed by atoms with Gasteiger partial charge in [0.2, 0.25) is 11.8 Å². The molecule has 18 heavy (non-hydrogen) atoms. The van der Waals surface area contributed by atoms with Gasteiger partial charge in [-0.05, 0) is 17.7 Å². The van der Waals surface area contributed by atoms with Crippen LogP contribution in [0.25, 0.3) is 0 Å². The maximum Gasteiger partial charge on any atom is 0.239 e. The largest absolute Gasteiger partial charge is 0.353 e. The molecule has 1 saturated heterocycles. The third-order valence-corrected chi connectivity index (χ3v) is 3.49. The number of nitrogens with one attached hydrogen (secondary N) is 1. The summed E-state index contributed by atoms with van der Waals surface area (Å²) in [4.78, 5) is 24.8. The van der Waals surface area contributed by atoms with Gasteiger partial charge >= 0.3 is 0 Å². The zero-order valence-electron chi connectivity index (χ0n) is 9.58. The van der Waals surface area contributed by atoms with Crippen LogP contribution in [0.1, 0.15) is 5.56 Å². The van der Waals surface area contributed by atoms with E-state index in [1.807, 2.05) is 0 Å². The molecule has 0 aliphatic carbocycles.